The second-order valence-corrected chi connectivity index (χ2v) is 6.29. The van der Waals surface area contributed by atoms with E-state index in [2.05, 4.69) is 32.0 Å². The van der Waals surface area contributed by atoms with Crippen molar-refractivity contribution >= 4 is 61.8 Å². The molecule has 0 bridgehead atoms. The third-order valence-corrected chi connectivity index (χ3v) is 4.25. The Morgan fingerprint density at radius 3 is 2.73 bits per heavy atom. The summed E-state index contributed by atoms with van der Waals surface area (Å²) in [5.41, 5.74) is 2.52. The number of nitrogens with zero attached hydrogens (tertiary/aromatic N) is 2. The van der Waals surface area contributed by atoms with Gasteiger partial charge in [-0.2, -0.15) is 5.26 Å². The van der Waals surface area contributed by atoms with Crippen molar-refractivity contribution in [2.45, 2.75) is 0 Å². The standard InChI is InChI=1S/C16H8BrCl2N3/c17-11-5-12-10(7-21-16(12)22-8-11)4-9(6-20)15-13(18)2-1-3-14(15)19/h1-5,7-8H,(H,21,22). The van der Waals surface area contributed by atoms with Gasteiger partial charge in [0.1, 0.15) is 5.65 Å². The van der Waals surface area contributed by atoms with Crippen LogP contribution in [-0.2, 0) is 0 Å². The first-order valence-electron chi connectivity index (χ1n) is 6.29. The van der Waals surface area contributed by atoms with Crippen LogP contribution in [0.25, 0.3) is 22.7 Å². The summed E-state index contributed by atoms with van der Waals surface area (Å²) in [5, 5.41) is 11.3. The van der Waals surface area contributed by atoms with Gasteiger partial charge in [-0.05, 0) is 40.2 Å². The monoisotopic (exact) mass is 391 g/mol. The highest BCUT2D eigenvalue weighted by molar-refractivity contribution is 9.10. The molecule has 0 unspecified atom stereocenters. The lowest BCUT2D eigenvalue weighted by molar-refractivity contribution is 1.31. The molecule has 0 saturated heterocycles. The molecule has 0 amide bonds. The van der Waals surface area contributed by atoms with Crippen molar-refractivity contribution in [3.05, 3.63) is 62.3 Å². The lowest BCUT2D eigenvalue weighted by atomic mass is 10.0. The van der Waals surface area contributed by atoms with E-state index >= 15 is 0 Å². The Morgan fingerprint density at radius 2 is 2.05 bits per heavy atom. The Bertz CT molecular complexity index is 918. The molecule has 22 heavy (non-hydrogen) atoms. The van der Waals surface area contributed by atoms with Gasteiger partial charge in [0.15, 0.2) is 0 Å². The number of nitriles is 1. The summed E-state index contributed by atoms with van der Waals surface area (Å²) in [7, 11) is 0. The van der Waals surface area contributed by atoms with E-state index in [1.165, 1.54) is 0 Å². The maximum absolute atomic E-state index is 9.48. The first-order valence-corrected chi connectivity index (χ1v) is 7.84. The van der Waals surface area contributed by atoms with Gasteiger partial charge in [0.05, 0.1) is 21.7 Å². The highest BCUT2D eigenvalue weighted by Crippen LogP contribution is 2.33. The first kappa shape index (κ1) is 15.1. The largest absolute Gasteiger partial charge is 0.346 e. The third-order valence-electron chi connectivity index (χ3n) is 3.18. The summed E-state index contributed by atoms with van der Waals surface area (Å²) >= 11 is 15.8. The number of halogens is 3. The van der Waals surface area contributed by atoms with Crippen molar-refractivity contribution in [3.63, 3.8) is 0 Å². The Kier molecular flexibility index (Phi) is 4.21. The normalized spacial score (nSPS) is 11.6. The highest BCUT2D eigenvalue weighted by atomic mass is 79.9. The molecule has 0 atom stereocenters. The molecule has 1 N–H and O–H groups in total. The average molecular weight is 393 g/mol. The Morgan fingerprint density at radius 1 is 1.32 bits per heavy atom. The molecule has 108 valence electrons. The zero-order valence-electron chi connectivity index (χ0n) is 11.1. The van der Waals surface area contributed by atoms with E-state index < -0.39 is 0 Å². The van der Waals surface area contributed by atoms with Gasteiger partial charge in [0.25, 0.3) is 0 Å². The van der Waals surface area contributed by atoms with Gasteiger partial charge in [-0.15, -0.1) is 0 Å². The van der Waals surface area contributed by atoms with Crippen LogP contribution in [-0.4, -0.2) is 9.97 Å². The molecule has 1 aromatic carbocycles. The lowest BCUT2D eigenvalue weighted by Crippen LogP contribution is -1.86. The van der Waals surface area contributed by atoms with Gasteiger partial charge in [0.2, 0.25) is 0 Å². The number of pyridine rings is 1. The van der Waals surface area contributed by atoms with Gasteiger partial charge in [-0.1, -0.05) is 29.3 Å². The fourth-order valence-electron chi connectivity index (χ4n) is 2.19. The minimum Gasteiger partial charge on any atom is -0.346 e. The molecule has 0 aliphatic carbocycles. The van der Waals surface area contributed by atoms with Crippen LogP contribution in [0.5, 0.6) is 0 Å². The molecular formula is C16H8BrCl2N3. The summed E-state index contributed by atoms with van der Waals surface area (Å²) in [4.78, 5) is 7.35. The quantitative estimate of drug-likeness (QED) is 0.569. The Balaban J connectivity index is 2.20. The number of hydrogen-bond donors (Lipinski definition) is 1. The van der Waals surface area contributed by atoms with Crippen molar-refractivity contribution in [1.82, 2.24) is 9.97 Å². The van der Waals surface area contributed by atoms with Crippen molar-refractivity contribution < 1.29 is 0 Å². The van der Waals surface area contributed by atoms with Crippen molar-refractivity contribution in [3.8, 4) is 6.07 Å². The topological polar surface area (TPSA) is 52.5 Å². The molecule has 0 radical (unpaired) electrons. The van der Waals surface area contributed by atoms with Crippen LogP contribution in [0.4, 0.5) is 0 Å². The zero-order chi connectivity index (χ0) is 15.7. The average Bonchev–Trinajstić information content (AvgIpc) is 2.88. The number of aromatic amines is 1. The van der Waals surface area contributed by atoms with Crippen LogP contribution in [0.15, 0.2) is 41.1 Å². The molecule has 2 heterocycles. The van der Waals surface area contributed by atoms with Crippen LogP contribution >= 0.6 is 39.1 Å². The molecule has 0 fully saturated rings. The molecule has 2 aromatic heterocycles. The SMILES string of the molecule is N#CC(=Cc1c[nH]c2ncc(Br)cc12)c1c(Cl)cccc1Cl. The number of rotatable bonds is 2. The van der Waals surface area contributed by atoms with E-state index in [1.807, 2.05) is 6.07 Å². The van der Waals surface area contributed by atoms with Crippen LogP contribution in [0.2, 0.25) is 10.0 Å². The van der Waals surface area contributed by atoms with Gasteiger partial charge in [-0.25, -0.2) is 4.98 Å². The predicted octanol–water partition coefficient (Wildman–Crippen LogP) is 5.70. The van der Waals surface area contributed by atoms with E-state index in [4.69, 9.17) is 23.2 Å². The summed E-state index contributed by atoms with van der Waals surface area (Å²) in [5.74, 6) is 0. The molecule has 0 saturated carbocycles. The molecule has 3 aromatic rings. The predicted molar refractivity (Wildman–Crippen MR) is 93.7 cm³/mol. The number of H-pyrrole nitrogens is 1. The lowest BCUT2D eigenvalue weighted by Gasteiger charge is -2.05. The summed E-state index contributed by atoms with van der Waals surface area (Å²) in [6.07, 6.45) is 5.26. The molecule has 3 rings (SSSR count). The van der Waals surface area contributed by atoms with Crippen molar-refractivity contribution in [2.75, 3.05) is 0 Å². The third kappa shape index (κ3) is 2.76. The van der Waals surface area contributed by atoms with Gasteiger partial charge >= 0.3 is 0 Å². The van der Waals surface area contributed by atoms with E-state index in [1.54, 1.807) is 36.7 Å². The zero-order valence-corrected chi connectivity index (χ0v) is 14.2. The van der Waals surface area contributed by atoms with E-state index in [0.717, 1.165) is 21.1 Å². The second kappa shape index (κ2) is 6.13. The molecule has 0 aliphatic heterocycles. The number of nitrogens with one attached hydrogen (secondary N) is 1. The maximum atomic E-state index is 9.48. The smallest absolute Gasteiger partial charge is 0.137 e. The molecule has 0 spiro atoms. The first-order chi connectivity index (χ1) is 10.6. The van der Waals surface area contributed by atoms with E-state index in [-0.39, 0.29) is 0 Å². The minimum absolute atomic E-state index is 0.400. The number of hydrogen-bond acceptors (Lipinski definition) is 2. The van der Waals surface area contributed by atoms with Gasteiger partial charge in [-0.3, -0.25) is 0 Å². The van der Waals surface area contributed by atoms with Gasteiger partial charge < -0.3 is 4.98 Å². The van der Waals surface area contributed by atoms with E-state index in [9.17, 15) is 5.26 Å². The Labute approximate surface area is 145 Å². The van der Waals surface area contributed by atoms with Crippen LogP contribution in [0.1, 0.15) is 11.1 Å². The molecule has 3 nitrogen and oxygen atoms in total. The fourth-order valence-corrected chi connectivity index (χ4v) is 3.12. The Hall–Kier alpha value is -1.80. The maximum Gasteiger partial charge on any atom is 0.137 e. The van der Waals surface area contributed by atoms with Crippen LogP contribution < -0.4 is 0 Å². The second-order valence-electron chi connectivity index (χ2n) is 4.56. The van der Waals surface area contributed by atoms with Crippen molar-refractivity contribution in [1.29, 1.82) is 5.26 Å². The van der Waals surface area contributed by atoms with E-state index in [0.29, 0.717) is 21.2 Å². The molecule has 0 aliphatic rings. The number of benzene rings is 1. The fraction of sp³-hybridized carbons (Fsp3) is 0. The summed E-state index contributed by atoms with van der Waals surface area (Å²) in [6.45, 7) is 0. The summed E-state index contributed by atoms with van der Waals surface area (Å²) in [6, 6.07) is 9.27. The molecular weight excluding hydrogens is 385 g/mol. The van der Waals surface area contributed by atoms with Crippen molar-refractivity contribution in [2.24, 2.45) is 0 Å². The number of fused-ring (bicyclic) bond motifs is 1. The minimum atomic E-state index is 0.400. The summed E-state index contributed by atoms with van der Waals surface area (Å²) < 4.78 is 0.864. The number of aromatic nitrogens is 2. The highest BCUT2D eigenvalue weighted by Gasteiger charge is 2.12. The van der Waals surface area contributed by atoms with Crippen LogP contribution in [0, 0.1) is 11.3 Å². The number of allylic oxidation sites excluding steroid dienone is 1. The van der Waals surface area contributed by atoms with Crippen LogP contribution in [0.3, 0.4) is 0 Å². The molecule has 6 heteroatoms. The van der Waals surface area contributed by atoms with Gasteiger partial charge in [0, 0.05) is 33.4 Å².